The van der Waals surface area contributed by atoms with E-state index in [0.717, 1.165) is 45.3 Å². The Morgan fingerprint density at radius 2 is 1.81 bits per heavy atom. The van der Waals surface area contributed by atoms with Crippen molar-refractivity contribution >= 4 is 49.8 Å². The summed E-state index contributed by atoms with van der Waals surface area (Å²) < 4.78 is 5.86. The highest BCUT2D eigenvalue weighted by atomic mass is 32.1. The number of esters is 1. The van der Waals surface area contributed by atoms with E-state index in [0.29, 0.717) is 11.1 Å². The minimum atomic E-state index is -0.426. The van der Waals surface area contributed by atoms with Crippen LogP contribution >= 0.6 is 22.7 Å². The highest BCUT2D eigenvalue weighted by Gasteiger charge is 2.27. The van der Waals surface area contributed by atoms with E-state index in [9.17, 15) is 9.59 Å². The molecule has 0 spiro atoms. The second kappa shape index (κ2) is 8.46. The Labute approximate surface area is 193 Å². The third-order valence-corrected chi connectivity index (χ3v) is 7.74. The fraction of sp³-hybridized carbons (Fsp3) is 0.208. The van der Waals surface area contributed by atoms with Crippen molar-refractivity contribution in [2.45, 2.75) is 13.0 Å². The molecule has 0 saturated carbocycles. The van der Waals surface area contributed by atoms with E-state index in [1.54, 1.807) is 46.9 Å². The van der Waals surface area contributed by atoms with Crippen LogP contribution in [0.2, 0.25) is 0 Å². The molecule has 0 aliphatic carbocycles. The Bertz CT molecular complexity index is 1290. The van der Waals surface area contributed by atoms with E-state index in [1.807, 2.05) is 18.2 Å². The number of rotatable bonds is 4. The van der Waals surface area contributed by atoms with Crippen LogP contribution in [-0.2, 0) is 17.7 Å². The lowest BCUT2D eigenvalue weighted by molar-refractivity contribution is 0.0600. The molecule has 2 aromatic heterocycles. The molecule has 0 radical (unpaired) electrons. The zero-order chi connectivity index (χ0) is 22.2. The summed E-state index contributed by atoms with van der Waals surface area (Å²) in [5.74, 6) is -0.638. The molecule has 2 aromatic carbocycles. The van der Waals surface area contributed by atoms with Gasteiger partial charge in [-0.05, 0) is 55.4 Å². The summed E-state index contributed by atoms with van der Waals surface area (Å²) in [7, 11) is 3.45. The van der Waals surface area contributed by atoms with E-state index >= 15 is 0 Å². The van der Waals surface area contributed by atoms with E-state index in [1.165, 1.54) is 17.6 Å². The van der Waals surface area contributed by atoms with Gasteiger partial charge in [-0.2, -0.15) is 0 Å². The average Bonchev–Trinajstić information content (AvgIpc) is 3.38. The van der Waals surface area contributed by atoms with Crippen LogP contribution in [0.4, 0.5) is 5.00 Å². The molecular formula is C24H21N3O3S2. The first-order valence-corrected chi connectivity index (χ1v) is 11.9. The standard InChI is InChI=1S/C24H21N3O3S2/c1-27-12-11-16-19(13-27)32-23(20(16)22-25-17-5-3-4-6-18(17)31-22)26-21(28)14-7-9-15(10-8-14)24(29)30-2/h3-10H,11-13H2,1-2H3,(H,26,28). The first kappa shape index (κ1) is 20.8. The minimum Gasteiger partial charge on any atom is -0.465 e. The van der Waals surface area contributed by atoms with Gasteiger partial charge in [-0.15, -0.1) is 22.7 Å². The Morgan fingerprint density at radius 1 is 1.06 bits per heavy atom. The number of carbonyl (C=O) groups is 2. The molecule has 0 bridgehead atoms. The highest BCUT2D eigenvalue weighted by Crippen LogP contribution is 2.45. The largest absolute Gasteiger partial charge is 0.465 e. The van der Waals surface area contributed by atoms with Crippen LogP contribution < -0.4 is 5.32 Å². The number of thiophene rings is 1. The van der Waals surface area contributed by atoms with Crippen LogP contribution in [0.25, 0.3) is 20.8 Å². The molecule has 8 heteroatoms. The molecular weight excluding hydrogens is 442 g/mol. The molecule has 5 rings (SSSR count). The van der Waals surface area contributed by atoms with Gasteiger partial charge in [-0.1, -0.05) is 12.1 Å². The van der Waals surface area contributed by atoms with Gasteiger partial charge in [0.1, 0.15) is 10.0 Å². The third kappa shape index (κ3) is 3.81. The zero-order valence-electron chi connectivity index (χ0n) is 17.7. The van der Waals surface area contributed by atoms with Gasteiger partial charge in [0.15, 0.2) is 0 Å². The predicted molar refractivity (Wildman–Crippen MR) is 129 cm³/mol. The number of nitrogens with zero attached hydrogens (tertiary/aromatic N) is 2. The molecule has 0 saturated heterocycles. The number of thiazole rings is 1. The van der Waals surface area contributed by atoms with Crippen LogP contribution in [0.3, 0.4) is 0 Å². The monoisotopic (exact) mass is 463 g/mol. The average molecular weight is 464 g/mol. The lowest BCUT2D eigenvalue weighted by atomic mass is 10.0. The number of benzene rings is 2. The van der Waals surface area contributed by atoms with Gasteiger partial charge in [0.2, 0.25) is 0 Å². The quantitative estimate of drug-likeness (QED) is 0.429. The predicted octanol–water partition coefficient (Wildman–Crippen LogP) is 5.05. The van der Waals surface area contributed by atoms with E-state index in [4.69, 9.17) is 9.72 Å². The summed E-state index contributed by atoms with van der Waals surface area (Å²) in [5.41, 5.74) is 4.18. The number of amides is 1. The Balaban J connectivity index is 1.52. The van der Waals surface area contributed by atoms with Crippen LogP contribution in [-0.4, -0.2) is 42.5 Å². The first-order chi connectivity index (χ1) is 15.5. The Kier molecular flexibility index (Phi) is 5.50. The Morgan fingerprint density at radius 3 is 2.56 bits per heavy atom. The lowest BCUT2D eigenvalue weighted by Crippen LogP contribution is -2.25. The van der Waals surface area contributed by atoms with Crippen molar-refractivity contribution in [2.75, 3.05) is 26.0 Å². The van der Waals surface area contributed by atoms with Crippen LogP contribution in [0.15, 0.2) is 48.5 Å². The molecule has 0 unspecified atom stereocenters. The molecule has 1 N–H and O–H groups in total. The van der Waals surface area contributed by atoms with E-state index in [-0.39, 0.29) is 5.91 Å². The molecule has 4 aromatic rings. The summed E-state index contributed by atoms with van der Waals surface area (Å²) in [6.07, 6.45) is 0.928. The van der Waals surface area contributed by atoms with Crippen molar-refractivity contribution < 1.29 is 14.3 Å². The fourth-order valence-electron chi connectivity index (χ4n) is 3.88. The molecule has 3 heterocycles. The maximum Gasteiger partial charge on any atom is 0.337 e. The smallest absolute Gasteiger partial charge is 0.337 e. The highest BCUT2D eigenvalue weighted by molar-refractivity contribution is 7.23. The van der Waals surface area contributed by atoms with Crippen molar-refractivity contribution in [2.24, 2.45) is 0 Å². The molecule has 162 valence electrons. The number of aromatic nitrogens is 1. The number of anilines is 1. The van der Waals surface area contributed by atoms with Crippen molar-refractivity contribution in [3.05, 3.63) is 70.1 Å². The summed E-state index contributed by atoms with van der Waals surface area (Å²) in [6.45, 7) is 1.84. The maximum atomic E-state index is 13.0. The number of para-hydroxylation sites is 1. The molecule has 1 aliphatic rings. The number of nitrogens with one attached hydrogen (secondary N) is 1. The van der Waals surface area contributed by atoms with Crippen molar-refractivity contribution in [1.29, 1.82) is 0 Å². The van der Waals surface area contributed by atoms with Gasteiger partial charge in [0.05, 0.1) is 22.9 Å². The number of carbonyl (C=O) groups excluding carboxylic acids is 2. The molecule has 32 heavy (non-hydrogen) atoms. The van der Waals surface area contributed by atoms with Crippen molar-refractivity contribution in [3.63, 3.8) is 0 Å². The summed E-state index contributed by atoms with van der Waals surface area (Å²) in [6, 6.07) is 14.6. The number of likely N-dealkylation sites (N-methyl/N-ethyl adjacent to an activating group) is 1. The topological polar surface area (TPSA) is 71.5 Å². The molecule has 1 aliphatic heterocycles. The molecule has 0 atom stereocenters. The van der Waals surface area contributed by atoms with E-state index in [2.05, 4.69) is 23.3 Å². The van der Waals surface area contributed by atoms with Crippen LogP contribution in [0.1, 0.15) is 31.2 Å². The molecule has 1 amide bonds. The van der Waals surface area contributed by atoms with Gasteiger partial charge in [0, 0.05) is 29.1 Å². The van der Waals surface area contributed by atoms with Crippen LogP contribution in [0, 0.1) is 0 Å². The Hall–Kier alpha value is -3.07. The summed E-state index contributed by atoms with van der Waals surface area (Å²) in [5, 5.41) is 4.88. The van der Waals surface area contributed by atoms with Gasteiger partial charge < -0.3 is 15.0 Å². The lowest BCUT2D eigenvalue weighted by Gasteiger charge is -2.22. The number of ether oxygens (including phenoxy) is 1. The van der Waals surface area contributed by atoms with Crippen LogP contribution in [0.5, 0.6) is 0 Å². The van der Waals surface area contributed by atoms with Gasteiger partial charge in [0.25, 0.3) is 5.91 Å². The second-order valence-electron chi connectivity index (χ2n) is 7.71. The van der Waals surface area contributed by atoms with Crippen molar-refractivity contribution in [3.8, 4) is 10.6 Å². The minimum absolute atomic E-state index is 0.212. The second-order valence-corrected chi connectivity index (χ2v) is 9.84. The number of hydrogen-bond acceptors (Lipinski definition) is 7. The van der Waals surface area contributed by atoms with Gasteiger partial charge in [-0.3, -0.25) is 4.79 Å². The third-order valence-electron chi connectivity index (χ3n) is 5.55. The van der Waals surface area contributed by atoms with Crippen molar-refractivity contribution in [1.82, 2.24) is 9.88 Å². The zero-order valence-corrected chi connectivity index (χ0v) is 19.3. The van der Waals surface area contributed by atoms with E-state index < -0.39 is 5.97 Å². The first-order valence-electron chi connectivity index (χ1n) is 10.2. The summed E-state index contributed by atoms with van der Waals surface area (Å²) in [4.78, 5) is 33.1. The number of hydrogen-bond donors (Lipinski definition) is 1. The summed E-state index contributed by atoms with van der Waals surface area (Å²) >= 11 is 3.28. The molecule has 6 nitrogen and oxygen atoms in total. The normalized spacial score (nSPS) is 13.7. The number of methoxy groups -OCH3 is 1. The fourth-order valence-corrected chi connectivity index (χ4v) is 6.31. The SMILES string of the molecule is COC(=O)c1ccc(C(=O)Nc2sc3c(c2-c2nc4ccccc4s2)CCN(C)C3)cc1. The van der Waals surface area contributed by atoms with Gasteiger partial charge in [-0.25, -0.2) is 9.78 Å². The number of fused-ring (bicyclic) bond motifs is 2. The molecule has 0 fully saturated rings. The maximum absolute atomic E-state index is 13.0. The van der Waals surface area contributed by atoms with Gasteiger partial charge >= 0.3 is 5.97 Å².